The molecule has 0 saturated heterocycles. The van der Waals surface area contributed by atoms with Crippen molar-refractivity contribution in [3.8, 4) is 0 Å². The van der Waals surface area contributed by atoms with Gasteiger partial charge in [0, 0.05) is 6.20 Å². The van der Waals surface area contributed by atoms with Crippen molar-refractivity contribution in [1.29, 1.82) is 0 Å². The van der Waals surface area contributed by atoms with Gasteiger partial charge in [-0.1, -0.05) is 24.9 Å². The molecule has 5 nitrogen and oxygen atoms in total. The monoisotopic (exact) mass is 270 g/mol. The van der Waals surface area contributed by atoms with Gasteiger partial charge in [-0.3, -0.25) is 4.79 Å². The van der Waals surface area contributed by atoms with Crippen LogP contribution in [0.3, 0.4) is 0 Å². The molecule has 0 aliphatic heterocycles. The number of pyridine rings is 1. The number of hydrogen-bond donors (Lipinski definition) is 1. The number of nitrogens with zero attached hydrogens (tertiary/aromatic N) is 1. The zero-order chi connectivity index (χ0) is 13.5. The van der Waals surface area contributed by atoms with Gasteiger partial charge in [0.1, 0.15) is 11.2 Å². The number of hydrogen-bond acceptors (Lipinski definition) is 4. The standard InChI is InChI=1S/C12H15ClN2O3/c1-3-5-9(12(17)18-2)15-11(16)8-6-4-7-14-10(8)13/h4,6-7,9H,3,5H2,1-2H3,(H,15,16)/t9-/m1/s1. The molecular formula is C12H15ClN2O3. The summed E-state index contributed by atoms with van der Waals surface area (Å²) in [6.45, 7) is 1.92. The minimum Gasteiger partial charge on any atom is -0.467 e. The lowest BCUT2D eigenvalue weighted by Crippen LogP contribution is -2.41. The number of nitrogens with one attached hydrogen (secondary N) is 1. The first-order valence-electron chi connectivity index (χ1n) is 5.59. The number of ether oxygens (including phenoxy) is 1. The quantitative estimate of drug-likeness (QED) is 0.654. The minimum absolute atomic E-state index is 0.107. The van der Waals surface area contributed by atoms with Crippen molar-refractivity contribution in [1.82, 2.24) is 10.3 Å². The molecule has 18 heavy (non-hydrogen) atoms. The molecule has 0 aromatic carbocycles. The highest BCUT2D eigenvalue weighted by Crippen LogP contribution is 2.12. The molecule has 1 N–H and O–H groups in total. The van der Waals surface area contributed by atoms with Gasteiger partial charge < -0.3 is 10.1 Å². The average Bonchev–Trinajstić information content (AvgIpc) is 2.37. The fraction of sp³-hybridized carbons (Fsp3) is 0.417. The number of halogens is 1. The Kier molecular flexibility index (Phi) is 5.58. The minimum atomic E-state index is -0.663. The third-order valence-electron chi connectivity index (χ3n) is 2.37. The highest BCUT2D eigenvalue weighted by Gasteiger charge is 2.22. The van der Waals surface area contributed by atoms with Crippen molar-refractivity contribution in [2.45, 2.75) is 25.8 Å². The second-order valence-electron chi connectivity index (χ2n) is 3.68. The lowest BCUT2D eigenvalue weighted by molar-refractivity contribution is -0.143. The molecule has 6 heteroatoms. The van der Waals surface area contributed by atoms with Crippen molar-refractivity contribution in [3.05, 3.63) is 29.0 Å². The van der Waals surface area contributed by atoms with Crippen LogP contribution in [0.1, 0.15) is 30.1 Å². The summed E-state index contributed by atoms with van der Waals surface area (Å²) in [7, 11) is 1.29. The van der Waals surface area contributed by atoms with E-state index in [1.165, 1.54) is 13.3 Å². The molecule has 1 aromatic rings. The van der Waals surface area contributed by atoms with E-state index in [2.05, 4.69) is 15.0 Å². The summed E-state index contributed by atoms with van der Waals surface area (Å²) in [6, 6.07) is 2.49. The van der Waals surface area contributed by atoms with Gasteiger partial charge in [-0.2, -0.15) is 0 Å². The van der Waals surface area contributed by atoms with Crippen molar-refractivity contribution in [2.75, 3.05) is 7.11 Å². The first kappa shape index (κ1) is 14.4. The van der Waals surface area contributed by atoms with Gasteiger partial charge in [0.05, 0.1) is 12.7 Å². The molecule has 1 atom stereocenters. The second-order valence-corrected chi connectivity index (χ2v) is 4.04. The topological polar surface area (TPSA) is 68.3 Å². The smallest absolute Gasteiger partial charge is 0.328 e. The number of carbonyl (C=O) groups excluding carboxylic acids is 2. The lowest BCUT2D eigenvalue weighted by Gasteiger charge is -2.15. The molecule has 0 aliphatic carbocycles. The number of amides is 1. The van der Waals surface area contributed by atoms with E-state index in [0.717, 1.165) is 6.42 Å². The van der Waals surface area contributed by atoms with Crippen molar-refractivity contribution >= 4 is 23.5 Å². The molecule has 98 valence electrons. The van der Waals surface area contributed by atoms with Gasteiger partial charge in [-0.15, -0.1) is 0 Å². The summed E-state index contributed by atoms with van der Waals surface area (Å²) >= 11 is 5.80. The van der Waals surface area contributed by atoms with E-state index in [9.17, 15) is 9.59 Å². The van der Waals surface area contributed by atoms with Crippen LogP contribution in [0.15, 0.2) is 18.3 Å². The fourth-order valence-corrected chi connectivity index (χ4v) is 1.68. The Labute approximate surface area is 110 Å². The normalized spacial score (nSPS) is 11.7. The van der Waals surface area contributed by atoms with Crippen LogP contribution >= 0.6 is 11.6 Å². The Morgan fingerprint density at radius 1 is 1.56 bits per heavy atom. The van der Waals surface area contributed by atoms with Crippen LogP contribution in [-0.4, -0.2) is 30.0 Å². The Balaban J connectivity index is 2.79. The molecule has 1 rings (SSSR count). The Morgan fingerprint density at radius 3 is 2.83 bits per heavy atom. The summed E-state index contributed by atoms with van der Waals surface area (Å²) in [4.78, 5) is 27.2. The van der Waals surface area contributed by atoms with Crippen molar-refractivity contribution < 1.29 is 14.3 Å². The van der Waals surface area contributed by atoms with Crippen LogP contribution in [0.25, 0.3) is 0 Å². The van der Waals surface area contributed by atoms with E-state index in [-0.39, 0.29) is 10.7 Å². The molecule has 0 fully saturated rings. The third kappa shape index (κ3) is 3.70. The largest absolute Gasteiger partial charge is 0.467 e. The average molecular weight is 271 g/mol. The summed E-state index contributed by atoms with van der Waals surface area (Å²) in [5, 5.41) is 2.69. The Hall–Kier alpha value is -1.62. The van der Waals surface area contributed by atoms with Gasteiger partial charge in [-0.05, 0) is 18.6 Å². The predicted molar refractivity (Wildman–Crippen MR) is 67.4 cm³/mol. The maximum absolute atomic E-state index is 11.9. The molecule has 0 saturated carbocycles. The first-order valence-corrected chi connectivity index (χ1v) is 5.97. The molecule has 1 heterocycles. The molecule has 0 aliphatic rings. The van der Waals surface area contributed by atoms with Crippen molar-refractivity contribution in [3.63, 3.8) is 0 Å². The highest BCUT2D eigenvalue weighted by atomic mass is 35.5. The molecule has 0 spiro atoms. The maximum Gasteiger partial charge on any atom is 0.328 e. The van der Waals surface area contributed by atoms with Crippen molar-refractivity contribution in [2.24, 2.45) is 0 Å². The fourth-order valence-electron chi connectivity index (χ4n) is 1.47. The summed E-state index contributed by atoms with van der Waals surface area (Å²) in [5.41, 5.74) is 0.240. The van der Waals surface area contributed by atoms with E-state index < -0.39 is 17.9 Å². The maximum atomic E-state index is 11.9. The van der Waals surface area contributed by atoms with Crippen LogP contribution in [-0.2, 0) is 9.53 Å². The number of aromatic nitrogens is 1. The van der Waals surface area contributed by atoms with Gasteiger partial charge >= 0.3 is 5.97 Å². The Morgan fingerprint density at radius 2 is 2.28 bits per heavy atom. The van der Waals surface area contributed by atoms with Crippen LogP contribution < -0.4 is 5.32 Å². The molecular weight excluding hydrogens is 256 g/mol. The summed E-state index contributed by atoms with van der Waals surface area (Å²) < 4.78 is 4.63. The molecule has 1 aromatic heterocycles. The van der Waals surface area contributed by atoms with E-state index >= 15 is 0 Å². The number of methoxy groups -OCH3 is 1. The van der Waals surface area contributed by atoms with Crippen LogP contribution in [0, 0.1) is 0 Å². The SMILES string of the molecule is CCC[C@@H](NC(=O)c1cccnc1Cl)C(=O)OC. The van der Waals surface area contributed by atoms with E-state index in [1.54, 1.807) is 12.1 Å². The zero-order valence-electron chi connectivity index (χ0n) is 10.3. The molecule has 0 radical (unpaired) electrons. The first-order chi connectivity index (χ1) is 8.60. The van der Waals surface area contributed by atoms with Crippen LogP contribution in [0.4, 0.5) is 0 Å². The van der Waals surface area contributed by atoms with Gasteiger partial charge in [0.25, 0.3) is 5.91 Å². The molecule has 1 amide bonds. The number of esters is 1. The number of carbonyl (C=O) groups is 2. The van der Waals surface area contributed by atoms with Gasteiger partial charge in [0.15, 0.2) is 0 Å². The Bertz CT molecular complexity index is 437. The summed E-state index contributed by atoms with van der Waals surface area (Å²) in [5.74, 6) is -0.901. The third-order valence-corrected chi connectivity index (χ3v) is 2.67. The van der Waals surface area contributed by atoms with Crippen LogP contribution in [0.2, 0.25) is 5.15 Å². The highest BCUT2D eigenvalue weighted by molar-refractivity contribution is 6.32. The van der Waals surface area contributed by atoms with E-state index in [0.29, 0.717) is 6.42 Å². The lowest BCUT2D eigenvalue weighted by atomic mass is 10.1. The van der Waals surface area contributed by atoms with E-state index in [1.807, 2.05) is 6.92 Å². The van der Waals surface area contributed by atoms with Gasteiger partial charge in [0.2, 0.25) is 0 Å². The van der Waals surface area contributed by atoms with E-state index in [4.69, 9.17) is 11.6 Å². The second kappa shape index (κ2) is 6.96. The zero-order valence-corrected chi connectivity index (χ0v) is 11.0. The number of rotatable bonds is 5. The van der Waals surface area contributed by atoms with Crippen LogP contribution in [0.5, 0.6) is 0 Å². The summed E-state index contributed by atoms with van der Waals surface area (Å²) in [6.07, 6.45) is 2.75. The molecule has 0 bridgehead atoms. The molecule has 0 unspecified atom stereocenters. The predicted octanol–water partition coefficient (Wildman–Crippen LogP) is 1.81. The van der Waals surface area contributed by atoms with Gasteiger partial charge in [-0.25, -0.2) is 9.78 Å².